The third-order valence-corrected chi connectivity index (χ3v) is 7.07. The van der Waals surface area contributed by atoms with Crippen LogP contribution in [0, 0.1) is 11.8 Å². The first-order chi connectivity index (χ1) is 16.3. The first-order valence-corrected chi connectivity index (χ1v) is 10.8. The van der Waals surface area contributed by atoms with Gasteiger partial charge in [0, 0.05) is 17.6 Å². The van der Waals surface area contributed by atoms with Gasteiger partial charge in [0.15, 0.2) is 11.4 Å². The topological polar surface area (TPSA) is 204 Å². The smallest absolute Gasteiger partial charge is 0.255 e. The summed E-state index contributed by atoms with van der Waals surface area (Å²) in [6, 6.07) is 1.68. The number of aliphatic hydroxyl groups is 3. The van der Waals surface area contributed by atoms with E-state index in [0.29, 0.717) is 11.1 Å². The van der Waals surface area contributed by atoms with Crippen molar-refractivity contribution >= 4 is 29.5 Å². The number of rotatable bonds is 4. The molecule has 0 aromatic heterocycles. The van der Waals surface area contributed by atoms with E-state index in [1.807, 2.05) is 0 Å². The van der Waals surface area contributed by atoms with Crippen LogP contribution in [0.3, 0.4) is 0 Å². The van der Waals surface area contributed by atoms with Gasteiger partial charge in [0.05, 0.1) is 11.6 Å². The van der Waals surface area contributed by atoms with E-state index < -0.39 is 64.0 Å². The maximum Gasteiger partial charge on any atom is 0.255 e. The number of allylic oxidation sites excluding steroid dienone is 1. The van der Waals surface area contributed by atoms with Gasteiger partial charge in [0.2, 0.25) is 11.7 Å². The monoisotopic (exact) mass is 483 g/mol. The molecule has 0 unspecified atom stereocenters. The van der Waals surface area contributed by atoms with Crippen molar-refractivity contribution in [3.05, 3.63) is 57.6 Å². The van der Waals surface area contributed by atoms with Gasteiger partial charge in [-0.1, -0.05) is 6.07 Å². The number of hydrogen-bond acceptors (Lipinski definition) is 9. The number of ketones is 2. The zero-order valence-corrected chi connectivity index (χ0v) is 19.0. The molecule has 8 N–H and O–H groups in total. The quantitative estimate of drug-likeness (QED) is 0.243. The van der Waals surface area contributed by atoms with Crippen LogP contribution >= 0.6 is 0 Å². The lowest BCUT2D eigenvalue weighted by molar-refractivity contribution is -0.148. The van der Waals surface area contributed by atoms with E-state index >= 15 is 0 Å². The van der Waals surface area contributed by atoms with Gasteiger partial charge < -0.3 is 31.9 Å². The number of nitrogens with zero attached hydrogens (tertiary/aromatic N) is 1. The maximum atomic E-state index is 13.5. The molecule has 0 bridgehead atoms. The lowest BCUT2D eigenvalue weighted by Gasteiger charge is -2.50. The number of amides is 2. The molecule has 35 heavy (non-hydrogen) atoms. The summed E-state index contributed by atoms with van der Waals surface area (Å²) in [5.41, 5.74) is 7.39. The Morgan fingerprint density at radius 2 is 1.80 bits per heavy atom. The van der Waals surface area contributed by atoms with Crippen LogP contribution in [0.1, 0.15) is 27.9 Å². The summed E-state index contributed by atoms with van der Waals surface area (Å²) in [6.07, 6.45) is 2.60. The summed E-state index contributed by atoms with van der Waals surface area (Å²) in [6.45, 7) is 0. The highest BCUT2D eigenvalue weighted by molar-refractivity contribution is 6.24. The van der Waals surface area contributed by atoms with Gasteiger partial charge in [-0.2, -0.15) is 0 Å². The molecule has 184 valence electrons. The Bertz CT molecular complexity index is 1290. The standard InChI is InChI=1S/C24H25N3O8/c1-27(2)18-12-8-10-7-11-9(4-6-14(25)29)3-5-13(28)16(11)19(30)15(10)21(32)24(12,35)22(33)17(20(18)31)23(26)34/h3-6,10,12,18,28,31-32,35H,7-8H2,1-2H3,(H2,25,29)(H2,26,34)/t10-,12-,18-,24-/m0/s1. The van der Waals surface area contributed by atoms with Gasteiger partial charge in [-0.25, -0.2) is 0 Å². The van der Waals surface area contributed by atoms with Crippen molar-refractivity contribution < 1.29 is 39.6 Å². The third-order valence-electron chi connectivity index (χ3n) is 7.07. The molecular weight excluding hydrogens is 458 g/mol. The number of benzene rings is 1. The fraction of sp³-hybridized carbons (Fsp3) is 0.333. The number of aromatic hydroxyl groups is 1. The summed E-state index contributed by atoms with van der Waals surface area (Å²) in [5.74, 6) is -7.87. The lowest BCUT2D eigenvalue weighted by atomic mass is 9.58. The van der Waals surface area contributed by atoms with Crippen LogP contribution in [0.15, 0.2) is 40.9 Å². The zero-order chi connectivity index (χ0) is 26.0. The Morgan fingerprint density at radius 3 is 2.37 bits per heavy atom. The summed E-state index contributed by atoms with van der Waals surface area (Å²) in [5, 5.41) is 43.9. The molecule has 3 aliphatic carbocycles. The van der Waals surface area contributed by atoms with E-state index in [1.54, 1.807) is 14.1 Å². The molecule has 3 aliphatic rings. The second kappa shape index (κ2) is 8.07. The van der Waals surface area contributed by atoms with Crippen LogP contribution in [0.25, 0.3) is 6.08 Å². The van der Waals surface area contributed by atoms with Gasteiger partial charge in [-0.05, 0) is 56.1 Å². The highest BCUT2D eigenvalue weighted by Crippen LogP contribution is 2.52. The molecular formula is C24H25N3O8. The van der Waals surface area contributed by atoms with E-state index in [9.17, 15) is 39.6 Å². The number of likely N-dealkylation sites (N-methyl/N-ethyl adjacent to an activating group) is 1. The van der Waals surface area contributed by atoms with Gasteiger partial charge in [0.25, 0.3) is 5.91 Å². The molecule has 11 heteroatoms. The van der Waals surface area contributed by atoms with Crippen molar-refractivity contribution in [2.45, 2.75) is 24.5 Å². The van der Waals surface area contributed by atoms with Crippen LogP contribution in [-0.2, 0) is 20.8 Å². The molecule has 0 aliphatic heterocycles. The highest BCUT2D eigenvalue weighted by atomic mass is 16.3. The van der Waals surface area contributed by atoms with Crippen molar-refractivity contribution in [3.8, 4) is 5.75 Å². The third kappa shape index (κ3) is 3.34. The largest absolute Gasteiger partial charge is 0.510 e. The molecule has 0 heterocycles. The molecule has 1 aromatic rings. The first kappa shape index (κ1) is 24.2. The predicted molar refractivity (Wildman–Crippen MR) is 122 cm³/mol. The molecule has 0 fully saturated rings. The SMILES string of the molecule is CN(C)[C@@H]1C(O)=C(C(N)=O)C(=O)[C@@]2(O)C(O)=C3C(=O)c4c(O)ccc(C=CC(N)=O)c4C[C@H]3C[C@@H]12. The molecule has 0 saturated heterocycles. The number of Topliss-reactive ketones (excluding diaryl/α,β-unsaturated/α-hetero) is 2. The fourth-order valence-corrected chi connectivity index (χ4v) is 5.60. The van der Waals surface area contributed by atoms with E-state index in [2.05, 4.69) is 0 Å². The van der Waals surface area contributed by atoms with Crippen LogP contribution < -0.4 is 11.5 Å². The lowest BCUT2D eigenvalue weighted by Crippen LogP contribution is -2.63. The van der Waals surface area contributed by atoms with Crippen LogP contribution in [0.5, 0.6) is 5.75 Å². The van der Waals surface area contributed by atoms with Gasteiger partial charge in [0.1, 0.15) is 22.8 Å². The van der Waals surface area contributed by atoms with E-state index in [1.165, 1.54) is 23.1 Å². The second-order valence-corrected chi connectivity index (χ2v) is 9.23. The number of nitrogens with two attached hydrogens (primary N) is 2. The minimum atomic E-state index is -2.69. The number of carbonyl (C=O) groups is 4. The van der Waals surface area contributed by atoms with Gasteiger partial charge >= 0.3 is 0 Å². The molecule has 0 radical (unpaired) electrons. The minimum Gasteiger partial charge on any atom is -0.510 e. The summed E-state index contributed by atoms with van der Waals surface area (Å²) < 4.78 is 0. The Morgan fingerprint density at radius 1 is 1.14 bits per heavy atom. The average molecular weight is 483 g/mol. The van der Waals surface area contributed by atoms with Crippen LogP contribution in [-0.4, -0.2) is 74.4 Å². The summed E-state index contributed by atoms with van der Waals surface area (Å²) in [7, 11) is 3.11. The van der Waals surface area contributed by atoms with Crippen molar-refractivity contribution in [1.29, 1.82) is 0 Å². The Balaban J connectivity index is 1.95. The zero-order valence-electron chi connectivity index (χ0n) is 19.0. The number of primary amides is 2. The summed E-state index contributed by atoms with van der Waals surface area (Å²) >= 11 is 0. The van der Waals surface area contributed by atoms with E-state index in [-0.39, 0.29) is 29.7 Å². The van der Waals surface area contributed by atoms with E-state index in [4.69, 9.17) is 11.5 Å². The van der Waals surface area contributed by atoms with Crippen LogP contribution in [0.4, 0.5) is 0 Å². The van der Waals surface area contributed by atoms with Crippen LogP contribution in [0.2, 0.25) is 0 Å². The summed E-state index contributed by atoms with van der Waals surface area (Å²) in [4.78, 5) is 51.4. The number of fused-ring (bicyclic) bond motifs is 3. The van der Waals surface area contributed by atoms with Crippen molar-refractivity contribution in [3.63, 3.8) is 0 Å². The van der Waals surface area contributed by atoms with Crippen molar-refractivity contribution in [2.24, 2.45) is 23.3 Å². The predicted octanol–water partition coefficient (Wildman–Crippen LogP) is -0.381. The number of phenolic OH excluding ortho intramolecular Hbond substituents is 1. The number of carbonyl (C=O) groups excluding carboxylic acids is 4. The normalized spacial score (nSPS) is 28.3. The number of aliphatic hydroxyl groups excluding tert-OH is 2. The van der Waals surface area contributed by atoms with E-state index in [0.717, 1.165) is 6.08 Å². The fourth-order valence-electron chi connectivity index (χ4n) is 5.60. The Hall–Kier alpha value is -3.96. The van der Waals surface area contributed by atoms with Crippen molar-refractivity contribution in [1.82, 2.24) is 4.90 Å². The number of hydrogen-bond donors (Lipinski definition) is 6. The number of phenols is 1. The molecule has 1 aromatic carbocycles. The molecule has 11 nitrogen and oxygen atoms in total. The highest BCUT2D eigenvalue weighted by Gasteiger charge is 2.63. The first-order valence-electron chi connectivity index (χ1n) is 10.8. The molecule has 2 amide bonds. The molecule has 0 saturated carbocycles. The second-order valence-electron chi connectivity index (χ2n) is 9.23. The average Bonchev–Trinajstić information content (AvgIpc) is 2.75. The molecule has 0 spiro atoms. The Labute approximate surface area is 199 Å². The molecule has 4 atom stereocenters. The molecule has 4 rings (SSSR count). The van der Waals surface area contributed by atoms with Crippen molar-refractivity contribution in [2.75, 3.05) is 14.1 Å². The van der Waals surface area contributed by atoms with Gasteiger partial charge in [-0.15, -0.1) is 0 Å². The van der Waals surface area contributed by atoms with Gasteiger partial charge in [-0.3, -0.25) is 24.1 Å². The Kier molecular flexibility index (Phi) is 5.57. The maximum absolute atomic E-state index is 13.5. The minimum absolute atomic E-state index is 0.0274.